The van der Waals surface area contributed by atoms with Gasteiger partial charge in [-0.2, -0.15) is 0 Å². The Labute approximate surface area is 236 Å². The third-order valence-corrected chi connectivity index (χ3v) is 14.0. The summed E-state index contributed by atoms with van der Waals surface area (Å²) in [5.74, 6) is -1.54. The highest BCUT2D eigenvalue weighted by Crippen LogP contribution is 2.57. The molecule has 1 aromatic carbocycles. The Kier molecular flexibility index (Phi) is 9.76. The SMILES string of the molecule is CC1=C([C@@H]2COC(C)(C)O2)CC[C@](C/C=C/C(=O)O)(COCc2ccccc2)[C@@]1(C)CO[Si](C)(C)C(C)(C)C. The Morgan fingerprint density at radius 2 is 1.82 bits per heavy atom. The highest BCUT2D eigenvalue weighted by atomic mass is 28.4. The van der Waals surface area contributed by atoms with Crippen LogP contribution in [0.15, 0.2) is 53.6 Å². The summed E-state index contributed by atoms with van der Waals surface area (Å²) < 4.78 is 25.7. The molecule has 218 valence electrons. The molecule has 0 bridgehead atoms. The highest BCUT2D eigenvalue weighted by molar-refractivity contribution is 6.74. The van der Waals surface area contributed by atoms with E-state index in [1.807, 2.05) is 32.0 Å². The van der Waals surface area contributed by atoms with Crippen molar-refractivity contribution in [2.45, 2.75) is 104 Å². The van der Waals surface area contributed by atoms with Crippen LogP contribution in [0, 0.1) is 10.8 Å². The van der Waals surface area contributed by atoms with Gasteiger partial charge in [0.25, 0.3) is 0 Å². The van der Waals surface area contributed by atoms with E-state index in [2.05, 4.69) is 59.8 Å². The Hall–Kier alpha value is -1.77. The van der Waals surface area contributed by atoms with Crippen molar-refractivity contribution in [1.82, 2.24) is 0 Å². The first-order chi connectivity index (χ1) is 18.0. The number of hydrogen-bond acceptors (Lipinski definition) is 5. The third kappa shape index (κ3) is 7.30. The standard InChI is InChI=1S/C32H50O6Si/c1-24-26(27-21-36-30(5,6)38-27)17-19-32(18-13-16-28(33)34,23-35-20-25-14-11-10-12-15-25)31(24,7)22-37-39(8,9)29(2,3)4/h10-16,27H,17-23H2,1-9H3,(H,33,34)/b16-13+/t27-,31-,32+/m0/s1. The fourth-order valence-corrected chi connectivity index (χ4v) is 6.68. The normalized spacial score (nSPS) is 27.9. The minimum absolute atomic E-state index is 0.0700. The lowest BCUT2D eigenvalue weighted by molar-refractivity contribution is -0.135. The first-order valence-electron chi connectivity index (χ1n) is 14.2. The molecule has 1 aliphatic carbocycles. The molecule has 3 rings (SSSR count). The van der Waals surface area contributed by atoms with Gasteiger partial charge in [-0.15, -0.1) is 0 Å². The van der Waals surface area contributed by atoms with Gasteiger partial charge in [-0.1, -0.05) is 69.7 Å². The van der Waals surface area contributed by atoms with E-state index in [1.54, 1.807) is 6.08 Å². The van der Waals surface area contributed by atoms with E-state index < -0.39 is 25.5 Å². The maximum Gasteiger partial charge on any atom is 0.327 e. The molecular formula is C32H50O6Si. The lowest BCUT2D eigenvalue weighted by Gasteiger charge is -2.54. The Bertz CT molecular complexity index is 1050. The summed E-state index contributed by atoms with van der Waals surface area (Å²) in [5, 5.41) is 9.46. The van der Waals surface area contributed by atoms with Gasteiger partial charge in [0.1, 0.15) is 6.10 Å². The zero-order valence-corrected chi connectivity index (χ0v) is 26.6. The summed E-state index contributed by atoms with van der Waals surface area (Å²) in [6.45, 7) is 21.9. The van der Waals surface area contributed by atoms with Crippen LogP contribution in [0.2, 0.25) is 18.1 Å². The largest absolute Gasteiger partial charge is 0.478 e. The van der Waals surface area contributed by atoms with Gasteiger partial charge >= 0.3 is 5.97 Å². The van der Waals surface area contributed by atoms with Crippen molar-refractivity contribution in [2.75, 3.05) is 19.8 Å². The number of carbonyl (C=O) groups is 1. The Balaban J connectivity index is 2.03. The van der Waals surface area contributed by atoms with Gasteiger partial charge in [-0.3, -0.25) is 0 Å². The van der Waals surface area contributed by atoms with Crippen molar-refractivity contribution in [3.05, 3.63) is 59.2 Å². The summed E-state index contributed by atoms with van der Waals surface area (Å²) >= 11 is 0. The molecule has 0 aromatic heterocycles. The van der Waals surface area contributed by atoms with Crippen LogP contribution in [0.1, 0.15) is 73.3 Å². The molecular weight excluding hydrogens is 508 g/mol. The molecule has 0 spiro atoms. The van der Waals surface area contributed by atoms with Gasteiger partial charge in [-0.05, 0) is 69.3 Å². The zero-order valence-electron chi connectivity index (χ0n) is 25.6. The number of carboxylic acid groups (broad SMARTS) is 1. The van der Waals surface area contributed by atoms with Crippen molar-refractivity contribution < 1.29 is 28.5 Å². The second kappa shape index (κ2) is 12.0. The molecule has 1 saturated heterocycles. The lowest BCUT2D eigenvalue weighted by atomic mass is 9.53. The van der Waals surface area contributed by atoms with Crippen LogP contribution in [0.5, 0.6) is 0 Å². The molecule has 0 amide bonds. The van der Waals surface area contributed by atoms with E-state index in [9.17, 15) is 9.90 Å². The summed E-state index contributed by atoms with van der Waals surface area (Å²) in [5.41, 5.74) is 2.91. The van der Waals surface area contributed by atoms with Gasteiger partial charge in [0.05, 0.1) is 19.8 Å². The quantitative estimate of drug-likeness (QED) is 0.172. The minimum atomic E-state index is -2.07. The van der Waals surface area contributed by atoms with Crippen molar-refractivity contribution in [3.8, 4) is 0 Å². The fourth-order valence-electron chi connectivity index (χ4n) is 5.59. The number of allylic oxidation sites excluding steroid dienone is 1. The number of rotatable bonds is 11. The molecule has 0 radical (unpaired) electrons. The van der Waals surface area contributed by atoms with Gasteiger partial charge in [0.15, 0.2) is 14.1 Å². The topological polar surface area (TPSA) is 74.2 Å². The van der Waals surface area contributed by atoms with Crippen LogP contribution in [-0.2, 0) is 30.0 Å². The van der Waals surface area contributed by atoms with Crippen molar-refractivity contribution in [1.29, 1.82) is 0 Å². The molecule has 2 aliphatic rings. The average Bonchev–Trinajstić information content (AvgIpc) is 3.20. The van der Waals surface area contributed by atoms with E-state index in [0.717, 1.165) is 18.4 Å². The van der Waals surface area contributed by atoms with Crippen molar-refractivity contribution >= 4 is 14.3 Å². The van der Waals surface area contributed by atoms with E-state index in [1.165, 1.54) is 17.2 Å². The first kappa shape index (κ1) is 31.8. The summed E-state index contributed by atoms with van der Waals surface area (Å²) in [6.07, 6.45) is 5.25. The van der Waals surface area contributed by atoms with E-state index in [-0.39, 0.29) is 16.6 Å². The summed E-state index contributed by atoms with van der Waals surface area (Å²) in [7, 11) is -2.07. The molecule has 0 saturated carbocycles. The number of aliphatic carboxylic acids is 1. The lowest BCUT2D eigenvalue weighted by Crippen LogP contribution is -2.53. The molecule has 6 nitrogen and oxygen atoms in total. The van der Waals surface area contributed by atoms with E-state index >= 15 is 0 Å². The average molecular weight is 559 g/mol. The maximum atomic E-state index is 11.4. The fraction of sp³-hybridized carbons (Fsp3) is 0.656. The number of ether oxygens (including phenoxy) is 3. The predicted octanol–water partition coefficient (Wildman–Crippen LogP) is 7.51. The van der Waals surface area contributed by atoms with Crippen LogP contribution in [0.4, 0.5) is 0 Å². The Morgan fingerprint density at radius 3 is 2.38 bits per heavy atom. The van der Waals surface area contributed by atoms with Crippen LogP contribution >= 0.6 is 0 Å². The molecule has 1 aromatic rings. The van der Waals surface area contributed by atoms with E-state index in [0.29, 0.717) is 32.8 Å². The van der Waals surface area contributed by atoms with Gasteiger partial charge in [-0.25, -0.2) is 4.79 Å². The summed E-state index contributed by atoms with van der Waals surface area (Å²) in [4.78, 5) is 11.4. The van der Waals surface area contributed by atoms with Crippen LogP contribution in [0.25, 0.3) is 0 Å². The third-order valence-electron chi connectivity index (χ3n) is 9.54. The minimum Gasteiger partial charge on any atom is -0.478 e. The van der Waals surface area contributed by atoms with Crippen LogP contribution in [-0.4, -0.2) is 51.1 Å². The van der Waals surface area contributed by atoms with Gasteiger partial charge in [0, 0.05) is 23.5 Å². The number of hydrogen-bond donors (Lipinski definition) is 1. The molecule has 1 heterocycles. The van der Waals surface area contributed by atoms with Gasteiger partial charge < -0.3 is 23.7 Å². The monoisotopic (exact) mass is 558 g/mol. The number of benzene rings is 1. The van der Waals surface area contributed by atoms with Crippen molar-refractivity contribution in [2.24, 2.45) is 10.8 Å². The predicted molar refractivity (Wildman–Crippen MR) is 158 cm³/mol. The second-order valence-corrected chi connectivity index (χ2v) is 18.4. The first-order valence-corrected chi connectivity index (χ1v) is 17.1. The molecule has 1 N–H and O–H groups in total. The molecule has 1 aliphatic heterocycles. The number of carboxylic acids is 1. The second-order valence-electron chi connectivity index (χ2n) is 13.6. The zero-order chi connectivity index (χ0) is 29.1. The molecule has 3 atom stereocenters. The van der Waals surface area contributed by atoms with Crippen LogP contribution < -0.4 is 0 Å². The van der Waals surface area contributed by atoms with Crippen LogP contribution in [0.3, 0.4) is 0 Å². The smallest absolute Gasteiger partial charge is 0.327 e. The molecule has 39 heavy (non-hydrogen) atoms. The van der Waals surface area contributed by atoms with Gasteiger partial charge in [0.2, 0.25) is 0 Å². The molecule has 7 heteroatoms. The summed E-state index contributed by atoms with van der Waals surface area (Å²) in [6, 6.07) is 10.2. The molecule has 0 unspecified atom stereocenters. The highest BCUT2D eigenvalue weighted by Gasteiger charge is 2.54. The van der Waals surface area contributed by atoms with Crippen molar-refractivity contribution in [3.63, 3.8) is 0 Å². The molecule has 1 fully saturated rings. The maximum absolute atomic E-state index is 11.4. The van der Waals surface area contributed by atoms with E-state index in [4.69, 9.17) is 18.6 Å². The Morgan fingerprint density at radius 1 is 1.15 bits per heavy atom.